The predicted molar refractivity (Wildman–Crippen MR) is 56.6 cm³/mol. The third-order valence-electron chi connectivity index (χ3n) is 1.48. The number of hydrogen-bond donors (Lipinski definition) is 0. The molecule has 72 valence electrons. The molecule has 2 nitrogen and oxygen atoms in total. The smallest absolute Gasteiger partial charge is 0.354 e. The number of rotatable bonds is 3. The fourth-order valence-corrected chi connectivity index (χ4v) is 1.06. The molecule has 14 heavy (non-hydrogen) atoms. The zero-order chi connectivity index (χ0) is 10.4. The molecule has 0 aromatic heterocycles. The first-order valence-electron chi connectivity index (χ1n) is 3.98. The van der Waals surface area contributed by atoms with E-state index in [1.807, 2.05) is 30.3 Å². The minimum atomic E-state index is -0.606. The monoisotopic (exact) mass is 208 g/mol. The standard InChI is InChI=1S/C11H9ClO2/c1-2-14-11(13)10(12)8-9-6-4-3-5-7-9/h2-8H,1H2/b10-8-. The zero-order valence-corrected chi connectivity index (χ0v) is 8.20. The lowest BCUT2D eigenvalue weighted by Crippen LogP contribution is -1.98. The maximum absolute atomic E-state index is 11.1. The first-order valence-corrected chi connectivity index (χ1v) is 4.36. The van der Waals surface area contributed by atoms with Gasteiger partial charge >= 0.3 is 5.97 Å². The van der Waals surface area contributed by atoms with Crippen LogP contribution in [-0.4, -0.2) is 5.97 Å². The van der Waals surface area contributed by atoms with E-state index in [-0.39, 0.29) is 5.03 Å². The highest BCUT2D eigenvalue weighted by Crippen LogP contribution is 2.11. The molecule has 0 saturated heterocycles. The summed E-state index contributed by atoms with van der Waals surface area (Å²) in [6.07, 6.45) is 2.58. The van der Waals surface area contributed by atoms with E-state index in [9.17, 15) is 4.79 Å². The SMILES string of the molecule is C=COC(=O)/C(Cl)=C/c1ccccc1. The van der Waals surface area contributed by atoms with Crippen molar-refractivity contribution in [3.8, 4) is 0 Å². The van der Waals surface area contributed by atoms with Crippen molar-refractivity contribution in [2.45, 2.75) is 0 Å². The topological polar surface area (TPSA) is 26.3 Å². The number of hydrogen-bond acceptors (Lipinski definition) is 2. The number of benzene rings is 1. The summed E-state index contributed by atoms with van der Waals surface area (Å²) < 4.78 is 4.50. The number of halogens is 1. The van der Waals surface area contributed by atoms with Gasteiger partial charge < -0.3 is 4.74 Å². The third-order valence-corrected chi connectivity index (χ3v) is 1.74. The maximum atomic E-state index is 11.1. The van der Waals surface area contributed by atoms with Crippen molar-refractivity contribution in [1.82, 2.24) is 0 Å². The molecule has 0 aliphatic rings. The van der Waals surface area contributed by atoms with E-state index in [1.54, 1.807) is 0 Å². The van der Waals surface area contributed by atoms with Gasteiger partial charge in [-0.05, 0) is 11.6 Å². The molecule has 0 radical (unpaired) electrons. The molecule has 3 heteroatoms. The Morgan fingerprint density at radius 3 is 2.57 bits per heavy atom. The van der Waals surface area contributed by atoms with Crippen LogP contribution in [0.25, 0.3) is 6.08 Å². The van der Waals surface area contributed by atoms with Crippen LogP contribution in [0.1, 0.15) is 5.56 Å². The second kappa shape index (κ2) is 5.25. The van der Waals surface area contributed by atoms with Gasteiger partial charge in [0.2, 0.25) is 0 Å². The molecule has 0 bridgehead atoms. The molecule has 0 amide bonds. The van der Waals surface area contributed by atoms with Crippen LogP contribution in [0.4, 0.5) is 0 Å². The van der Waals surface area contributed by atoms with Crippen LogP contribution in [0.2, 0.25) is 0 Å². The van der Waals surface area contributed by atoms with Crippen LogP contribution in [0.15, 0.2) is 48.2 Å². The van der Waals surface area contributed by atoms with Gasteiger partial charge in [0, 0.05) is 0 Å². The summed E-state index contributed by atoms with van der Waals surface area (Å²) in [5.41, 5.74) is 0.846. The lowest BCUT2D eigenvalue weighted by Gasteiger charge is -1.96. The van der Waals surface area contributed by atoms with E-state index < -0.39 is 5.97 Å². The summed E-state index contributed by atoms with van der Waals surface area (Å²) in [5, 5.41) is 0.0242. The van der Waals surface area contributed by atoms with Crippen molar-refractivity contribution < 1.29 is 9.53 Å². The Bertz CT molecular complexity index is 355. The summed E-state index contributed by atoms with van der Waals surface area (Å²) >= 11 is 5.68. The van der Waals surface area contributed by atoms with Crippen LogP contribution >= 0.6 is 11.6 Å². The highest BCUT2D eigenvalue weighted by Gasteiger charge is 2.05. The fraction of sp³-hybridized carbons (Fsp3) is 0. The minimum absolute atomic E-state index is 0.0242. The van der Waals surface area contributed by atoms with Gasteiger partial charge in [-0.15, -0.1) is 0 Å². The first kappa shape index (κ1) is 10.5. The van der Waals surface area contributed by atoms with E-state index in [0.717, 1.165) is 11.8 Å². The van der Waals surface area contributed by atoms with Gasteiger partial charge in [-0.2, -0.15) is 0 Å². The molecule has 0 spiro atoms. The summed E-state index contributed by atoms with van der Waals surface area (Å²) in [5.74, 6) is -0.606. The molecule has 0 saturated carbocycles. The minimum Gasteiger partial charge on any atom is -0.431 e. The molecule has 0 aliphatic heterocycles. The van der Waals surface area contributed by atoms with Gasteiger partial charge in [0.15, 0.2) is 0 Å². The molecule has 0 heterocycles. The number of carbonyl (C=O) groups is 1. The Hall–Kier alpha value is -1.54. The Morgan fingerprint density at radius 1 is 1.36 bits per heavy atom. The maximum Gasteiger partial charge on any atom is 0.354 e. The first-order chi connectivity index (χ1) is 6.74. The summed E-state index contributed by atoms with van der Waals surface area (Å²) in [7, 11) is 0. The lowest BCUT2D eigenvalue weighted by molar-refractivity contribution is -0.132. The second-order valence-electron chi connectivity index (χ2n) is 2.47. The average molecular weight is 209 g/mol. The highest BCUT2D eigenvalue weighted by molar-refractivity contribution is 6.43. The predicted octanol–water partition coefficient (Wildman–Crippen LogP) is 2.95. The normalized spacial score (nSPS) is 10.8. The largest absolute Gasteiger partial charge is 0.431 e. The molecule has 0 aliphatic carbocycles. The van der Waals surface area contributed by atoms with Gasteiger partial charge in [0.05, 0.1) is 6.26 Å². The van der Waals surface area contributed by atoms with E-state index in [4.69, 9.17) is 11.6 Å². The Balaban J connectivity index is 2.78. The molecule has 0 atom stereocenters. The molecule has 1 rings (SSSR count). The second-order valence-corrected chi connectivity index (χ2v) is 2.88. The van der Waals surface area contributed by atoms with Gasteiger partial charge in [0.25, 0.3) is 0 Å². The van der Waals surface area contributed by atoms with Gasteiger partial charge in [-0.3, -0.25) is 0 Å². The van der Waals surface area contributed by atoms with E-state index in [0.29, 0.717) is 0 Å². The van der Waals surface area contributed by atoms with Crippen LogP contribution in [-0.2, 0) is 9.53 Å². The van der Waals surface area contributed by atoms with E-state index in [1.165, 1.54) is 6.08 Å². The molecule has 0 unspecified atom stereocenters. The van der Waals surface area contributed by atoms with E-state index >= 15 is 0 Å². The van der Waals surface area contributed by atoms with Crippen molar-refractivity contribution in [1.29, 1.82) is 0 Å². The Morgan fingerprint density at radius 2 is 2.00 bits per heavy atom. The Labute approximate surface area is 87.5 Å². The van der Waals surface area contributed by atoms with Crippen molar-refractivity contribution in [2.75, 3.05) is 0 Å². The fourth-order valence-electron chi connectivity index (χ4n) is 0.886. The van der Waals surface area contributed by atoms with Crippen LogP contribution < -0.4 is 0 Å². The van der Waals surface area contributed by atoms with Gasteiger partial charge in [-0.1, -0.05) is 48.5 Å². The van der Waals surface area contributed by atoms with Crippen molar-refractivity contribution >= 4 is 23.6 Å². The van der Waals surface area contributed by atoms with E-state index in [2.05, 4.69) is 11.3 Å². The highest BCUT2D eigenvalue weighted by atomic mass is 35.5. The lowest BCUT2D eigenvalue weighted by atomic mass is 10.2. The zero-order valence-electron chi connectivity index (χ0n) is 7.44. The number of carbonyl (C=O) groups excluding carboxylic acids is 1. The van der Waals surface area contributed by atoms with Gasteiger partial charge in [0.1, 0.15) is 5.03 Å². The quantitative estimate of drug-likeness (QED) is 0.434. The molecular formula is C11H9ClO2. The average Bonchev–Trinajstić information content (AvgIpc) is 2.19. The van der Waals surface area contributed by atoms with Crippen molar-refractivity contribution in [3.63, 3.8) is 0 Å². The molecule has 1 aromatic carbocycles. The molecular weight excluding hydrogens is 200 g/mol. The molecule has 0 N–H and O–H groups in total. The third kappa shape index (κ3) is 3.07. The number of esters is 1. The molecule has 0 fully saturated rings. The summed E-state index contributed by atoms with van der Waals surface area (Å²) in [6.45, 7) is 3.26. The van der Waals surface area contributed by atoms with Gasteiger partial charge in [-0.25, -0.2) is 4.79 Å². The summed E-state index contributed by atoms with van der Waals surface area (Å²) in [6, 6.07) is 9.27. The Kier molecular flexibility index (Phi) is 3.95. The van der Waals surface area contributed by atoms with Crippen LogP contribution in [0.3, 0.4) is 0 Å². The van der Waals surface area contributed by atoms with Crippen molar-refractivity contribution in [2.24, 2.45) is 0 Å². The summed E-state index contributed by atoms with van der Waals surface area (Å²) in [4.78, 5) is 11.1. The molecule has 1 aromatic rings. The van der Waals surface area contributed by atoms with Crippen LogP contribution in [0, 0.1) is 0 Å². The van der Waals surface area contributed by atoms with Crippen molar-refractivity contribution in [3.05, 3.63) is 53.8 Å². The number of ether oxygens (including phenoxy) is 1. The van der Waals surface area contributed by atoms with Crippen LogP contribution in [0.5, 0.6) is 0 Å².